The summed E-state index contributed by atoms with van der Waals surface area (Å²) in [7, 11) is 1.80. The normalized spacial score (nSPS) is 13.2. The minimum absolute atomic E-state index is 0. The van der Waals surface area contributed by atoms with Crippen LogP contribution in [0.25, 0.3) is 10.9 Å². The summed E-state index contributed by atoms with van der Waals surface area (Å²) < 4.78 is 1.82. The van der Waals surface area contributed by atoms with Crippen LogP contribution in [0.1, 0.15) is 31.0 Å². The monoisotopic (exact) mass is 391 g/mol. The summed E-state index contributed by atoms with van der Waals surface area (Å²) in [5, 5.41) is 13.3. The molecule has 2 rings (SSSR count). The first-order valence-electron chi connectivity index (χ1n) is 7.39. The van der Waals surface area contributed by atoms with E-state index < -0.39 is 17.9 Å². The molecule has 2 N–H and O–H groups in total. The number of hydrogen-bond donors (Lipinski definition) is 2. The average Bonchev–Trinajstić information content (AvgIpc) is 2.84. The Labute approximate surface area is 179 Å². The third-order valence-electron chi connectivity index (χ3n) is 4.00. The fourth-order valence-electron chi connectivity index (χ4n) is 2.82. The van der Waals surface area contributed by atoms with Gasteiger partial charge in [0.05, 0.1) is 21.2 Å². The van der Waals surface area contributed by atoms with E-state index in [1.54, 1.807) is 14.0 Å². The summed E-state index contributed by atoms with van der Waals surface area (Å²) in [4.78, 5) is 23.2. The molecule has 1 amide bonds. The molecule has 130 valence electrons. The molecule has 0 saturated carbocycles. The van der Waals surface area contributed by atoms with E-state index >= 15 is 0 Å². The van der Waals surface area contributed by atoms with Gasteiger partial charge < -0.3 is 26.7 Å². The minimum Gasteiger partial charge on any atom is -0.541 e. The van der Waals surface area contributed by atoms with E-state index in [1.165, 1.54) is 13.0 Å². The van der Waals surface area contributed by atoms with Crippen molar-refractivity contribution in [2.45, 2.75) is 32.3 Å². The van der Waals surface area contributed by atoms with Crippen molar-refractivity contribution in [1.82, 2.24) is 4.57 Å². The number of nitrogens with zero attached hydrogens (tertiary/aromatic N) is 1. The molecule has 0 aliphatic heterocycles. The van der Waals surface area contributed by atoms with Crippen molar-refractivity contribution in [3.8, 4) is 0 Å². The summed E-state index contributed by atoms with van der Waals surface area (Å²) in [5.41, 5.74) is 2.48. The summed E-state index contributed by atoms with van der Waals surface area (Å²) in [6.45, 7) is 6.98. The fourth-order valence-corrected chi connectivity index (χ4v) is 3.30. The molecular formula is C17H18Cl2N2NaO3-. The number of hydrogen-bond acceptors (Lipinski definition) is 3. The quantitative estimate of drug-likeness (QED) is 0.572. The maximum absolute atomic E-state index is 11.9. The summed E-state index contributed by atoms with van der Waals surface area (Å²) >= 11 is 12.6. The number of fused-ring (bicyclic) bond motifs is 1. The van der Waals surface area contributed by atoms with Crippen LogP contribution in [-0.2, 0) is 23.1 Å². The molecule has 8 heteroatoms. The molecule has 0 radical (unpaired) electrons. The maximum atomic E-state index is 11.9. The van der Waals surface area contributed by atoms with Gasteiger partial charge in [-0.05, 0) is 24.2 Å². The first-order valence-corrected chi connectivity index (χ1v) is 8.15. The number of nitrogens with one attached hydrogen (secondary N) is 1. The number of aliphatic hydroxyl groups is 1. The Morgan fingerprint density at radius 3 is 2.52 bits per heavy atom. The molecule has 1 aromatic carbocycles. The van der Waals surface area contributed by atoms with Crippen molar-refractivity contribution in [1.29, 1.82) is 0 Å². The molecule has 5 nitrogen and oxygen atoms in total. The second kappa shape index (κ2) is 8.89. The van der Waals surface area contributed by atoms with Crippen LogP contribution in [0.2, 0.25) is 10.0 Å². The molecule has 2 atom stereocenters. The third kappa shape index (κ3) is 4.07. The van der Waals surface area contributed by atoms with E-state index in [0.29, 0.717) is 33.6 Å². The van der Waals surface area contributed by atoms with E-state index in [0.717, 1.165) is 5.69 Å². The molecule has 0 spiro atoms. The number of halogens is 2. The summed E-state index contributed by atoms with van der Waals surface area (Å²) in [6, 6.07) is 1.51. The van der Waals surface area contributed by atoms with Crippen molar-refractivity contribution in [3.05, 3.63) is 34.3 Å². The van der Waals surface area contributed by atoms with Gasteiger partial charge in [-0.2, -0.15) is 0 Å². The SMILES string of the molecule is [CH2-]Cc1c([C@H](C)[C-]=O)c2c(NC(=O)[C@H](C)O)cc(Cl)c(Cl)c2n1C.[Na+]. The first-order chi connectivity index (χ1) is 11.2. The van der Waals surface area contributed by atoms with Crippen molar-refractivity contribution in [2.75, 3.05) is 5.32 Å². The van der Waals surface area contributed by atoms with E-state index in [-0.39, 0.29) is 34.6 Å². The van der Waals surface area contributed by atoms with Gasteiger partial charge in [0.2, 0.25) is 0 Å². The predicted octanol–water partition coefficient (Wildman–Crippen LogP) is 0.398. The molecule has 0 saturated heterocycles. The van der Waals surface area contributed by atoms with Crippen LogP contribution in [0.5, 0.6) is 0 Å². The molecule has 0 unspecified atom stereocenters. The molecule has 2 aromatic rings. The molecule has 0 aliphatic carbocycles. The van der Waals surface area contributed by atoms with Gasteiger partial charge in [-0.1, -0.05) is 30.1 Å². The number of carbonyl (C=O) groups excluding carboxylic acids is 2. The van der Waals surface area contributed by atoms with Crippen molar-refractivity contribution >= 4 is 52.0 Å². The maximum Gasteiger partial charge on any atom is 1.00 e. The molecule has 0 bridgehead atoms. The Balaban J connectivity index is 0.00000312. The zero-order chi connectivity index (χ0) is 18.2. The smallest absolute Gasteiger partial charge is 0.541 e. The Hall–Kier alpha value is -0.560. The topological polar surface area (TPSA) is 71.3 Å². The zero-order valence-electron chi connectivity index (χ0n) is 14.6. The number of benzene rings is 1. The van der Waals surface area contributed by atoms with Crippen LogP contribution < -0.4 is 34.9 Å². The van der Waals surface area contributed by atoms with E-state index in [1.807, 2.05) is 10.9 Å². The van der Waals surface area contributed by atoms with E-state index in [9.17, 15) is 14.7 Å². The molecular weight excluding hydrogens is 374 g/mol. The van der Waals surface area contributed by atoms with Gasteiger partial charge >= 0.3 is 29.6 Å². The minimum atomic E-state index is -1.19. The van der Waals surface area contributed by atoms with Gasteiger partial charge in [0.25, 0.3) is 5.91 Å². The number of anilines is 1. The Kier molecular flexibility index (Phi) is 7.99. The van der Waals surface area contributed by atoms with Gasteiger partial charge in [0.1, 0.15) is 6.10 Å². The fraction of sp³-hybridized carbons (Fsp3) is 0.353. The Morgan fingerprint density at radius 2 is 2.04 bits per heavy atom. The number of carbonyl (C=O) groups is 1. The van der Waals surface area contributed by atoms with Gasteiger partial charge in [0.15, 0.2) is 0 Å². The van der Waals surface area contributed by atoms with Crippen LogP contribution in [-0.4, -0.2) is 28.0 Å². The van der Waals surface area contributed by atoms with E-state index in [2.05, 4.69) is 12.2 Å². The van der Waals surface area contributed by atoms with Crippen molar-refractivity contribution in [2.24, 2.45) is 7.05 Å². The van der Waals surface area contributed by atoms with Gasteiger partial charge in [0, 0.05) is 12.4 Å². The first kappa shape index (κ1) is 22.5. The molecule has 1 aromatic heterocycles. The molecule has 0 aliphatic rings. The van der Waals surface area contributed by atoms with Crippen molar-refractivity contribution in [3.63, 3.8) is 0 Å². The molecule has 25 heavy (non-hydrogen) atoms. The van der Waals surface area contributed by atoms with Gasteiger partial charge in [-0.15, -0.1) is 12.3 Å². The standard InChI is InChI=1S/C17H18Cl2N2O3.Na/c1-5-12-13(8(2)7-22)14-11(20-17(24)9(3)23)6-10(18)15(19)16(14)21(12)4;/h6,8-9,23H,1,5H2,2-4H3,(H,20,24);/q-2;+1/t8-,9+;/m1./s1. The van der Waals surface area contributed by atoms with Crippen LogP contribution in [0, 0.1) is 6.92 Å². The van der Waals surface area contributed by atoms with Crippen molar-refractivity contribution < 1.29 is 44.3 Å². The average molecular weight is 392 g/mol. The Bertz CT molecular complexity index is 818. The second-order valence-corrected chi connectivity index (χ2v) is 6.40. The van der Waals surface area contributed by atoms with Crippen LogP contribution in [0.4, 0.5) is 5.69 Å². The van der Waals surface area contributed by atoms with E-state index in [4.69, 9.17) is 23.2 Å². The number of aromatic nitrogens is 1. The van der Waals surface area contributed by atoms with Crippen LogP contribution in [0.15, 0.2) is 6.07 Å². The summed E-state index contributed by atoms with van der Waals surface area (Å²) in [6.07, 6.45) is 1.20. The molecule has 1 heterocycles. The van der Waals surface area contributed by atoms with Crippen LogP contribution in [0.3, 0.4) is 0 Å². The van der Waals surface area contributed by atoms with Crippen LogP contribution >= 0.6 is 23.2 Å². The summed E-state index contributed by atoms with van der Waals surface area (Å²) in [5.74, 6) is -1.12. The second-order valence-electron chi connectivity index (χ2n) is 5.62. The Morgan fingerprint density at radius 1 is 1.44 bits per heavy atom. The third-order valence-corrected chi connectivity index (χ3v) is 4.78. The largest absolute Gasteiger partial charge is 1.00 e. The number of amides is 1. The number of rotatable bonds is 5. The predicted molar refractivity (Wildman–Crippen MR) is 96.4 cm³/mol. The number of aliphatic hydroxyl groups excluding tert-OH is 1. The molecule has 0 fully saturated rings. The zero-order valence-corrected chi connectivity index (χ0v) is 18.1. The van der Waals surface area contributed by atoms with Gasteiger partial charge in [-0.25, -0.2) is 0 Å². The number of aryl methyl sites for hydroxylation is 1. The van der Waals surface area contributed by atoms with Gasteiger partial charge in [-0.3, -0.25) is 11.1 Å².